The van der Waals surface area contributed by atoms with E-state index in [1.54, 1.807) is 0 Å². The van der Waals surface area contributed by atoms with Gasteiger partial charge in [0.25, 0.3) is 0 Å². The van der Waals surface area contributed by atoms with E-state index in [1.165, 1.54) is 24.0 Å². The average molecular weight is 261 g/mol. The Morgan fingerprint density at radius 2 is 1.89 bits per heavy atom. The minimum Gasteiger partial charge on any atom is -0.378 e. The fourth-order valence-electron chi connectivity index (χ4n) is 2.82. The van der Waals surface area contributed by atoms with Gasteiger partial charge in [0.2, 0.25) is 0 Å². The van der Waals surface area contributed by atoms with Crippen LogP contribution in [0.4, 0.5) is 0 Å². The highest BCUT2D eigenvalue weighted by Gasteiger charge is 2.25. The highest BCUT2D eigenvalue weighted by atomic mass is 16.5. The van der Waals surface area contributed by atoms with Crippen molar-refractivity contribution in [2.75, 3.05) is 13.2 Å². The zero-order valence-corrected chi connectivity index (χ0v) is 12.5. The van der Waals surface area contributed by atoms with Gasteiger partial charge in [-0.15, -0.1) is 0 Å². The molecule has 2 heteroatoms. The van der Waals surface area contributed by atoms with Gasteiger partial charge in [0.15, 0.2) is 0 Å². The lowest BCUT2D eigenvalue weighted by Crippen LogP contribution is -2.31. The van der Waals surface area contributed by atoms with Crippen LogP contribution >= 0.6 is 0 Å². The number of rotatable bonds is 3. The van der Waals surface area contributed by atoms with Crippen molar-refractivity contribution in [1.82, 2.24) is 0 Å². The van der Waals surface area contributed by atoms with Gasteiger partial charge in [0.1, 0.15) is 0 Å². The first-order valence-electron chi connectivity index (χ1n) is 7.44. The molecule has 0 bridgehead atoms. The van der Waals surface area contributed by atoms with Crippen LogP contribution in [0.5, 0.6) is 0 Å². The lowest BCUT2D eigenvalue weighted by Gasteiger charge is -2.30. The Bertz CT molecular complexity index is 385. The van der Waals surface area contributed by atoms with Gasteiger partial charge in [-0.1, -0.05) is 45.0 Å². The second kappa shape index (κ2) is 6.06. The van der Waals surface area contributed by atoms with Gasteiger partial charge in [-0.05, 0) is 35.8 Å². The monoisotopic (exact) mass is 261 g/mol. The standard InChI is InChI=1S/C17H27NO/c1-17(2,3)14-9-7-13(8-10-14)15(12-18)16-6-4-5-11-19-16/h7-10,15-16H,4-6,11-12,18H2,1-3H3. The number of hydrogen-bond donors (Lipinski definition) is 1. The van der Waals surface area contributed by atoms with Crippen molar-refractivity contribution in [3.8, 4) is 0 Å². The summed E-state index contributed by atoms with van der Waals surface area (Å²) in [6.45, 7) is 8.28. The zero-order chi connectivity index (χ0) is 13.9. The molecule has 106 valence electrons. The van der Waals surface area contributed by atoms with Crippen LogP contribution in [0, 0.1) is 0 Å². The normalized spacial score (nSPS) is 22.2. The minimum atomic E-state index is 0.206. The SMILES string of the molecule is CC(C)(C)c1ccc(C(CN)C2CCCCO2)cc1. The maximum Gasteiger partial charge on any atom is 0.0655 e. The van der Waals surface area contributed by atoms with Crippen LogP contribution in [0.2, 0.25) is 0 Å². The number of hydrogen-bond acceptors (Lipinski definition) is 2. The third kappa shape index (κ3) is 3.58. The predicted octanol–water partition coefficient (Wildman–Crippen LogP) is 3.60. The summed E-state index contributed by atoms with van der Waals surface area (Å²) >= 11 is 0. The molecule has 0 spiro atoms. The lowest BCUT2D eigenvalue weighted by molar-refractivity contribution is 0.000577. The van der Waals surface area contributed by atoms with E-state index in [-0.39, 0.29) is 5.41 Å². The summed E-state index contributed by atoms with van der Waals surface area (Å²) in [4.78, 5) is 0. The van der Waals surface area contributed by atoms with Crippen LogP contribution in [-0.2, 0) is 10.2 Å². The van der Waals surface area contributed by atoms with Gasteiger partial charge in [0, 0.05) is 19.1 Å². The molecule has 2 unspecified atom stereocenters. The summed E-state index contributed by atoms with van der Waals surface area (Å²) in [6.07, 6.45) is 3.90. The summed E-state index contributed by atoms with van der Waals surface area (Å²) in [5.41, 5.74) is 8.88. The Morgan fingerprint density at radius 3 is 2.37 bits per heavy atom. The maximum atomic E-state index is 5.98. The van der Waals surface area contributed by atoms with Crippen molar-refractivity contribution in [1.29, 1.82) is 0 Å². The maximum absolute atomic E-state index is 5.98. The molecule has 2 atom stereocenters. The molecule has 0 aromatic heterocycles. The second-order valence-electron chi connectivity index (χ2n) is 6.62. The zero-order valence-electron chi connectivity index (χ0n) is 12.5. The molecule has 0 radical (unpaired) electrons. The van der Waals surface area contributed by atoms with Crippen LogP contribution in [0.15, 0.2) is 24.3 Å². The van der Waals surface area contributed by atoms with Gasteiger partial charge in [-0.3, -0.25) is 0 Å². The quantitative estimate of drug-likeness (QED) is 0.902. The highest BCUT2D eigenvalue weighted by Crippen LogP contribution is 2.29. The fraction of sp³-hybridized carbons (Fsp3) is 0.647. The van der Waals surface area contributed by atoms with Crippen molar-refractivity contribution < 1.29 is 4.74 Å². The van der Waals surface area contributed by atoms with Gasteiger partial charge in [-0.2, -0.15) is 0 Å². The van der Waals surface area contributed by atoms with Crippen LogP contribution in [-0.4, -0.2) is 19.3 Å². The molecule has 19 heavy (non-hydrogen) atoms. The lowest BCUT2D eigenvalue weighted by atomic mass is 9.84. The smallest absolute Gasteiger partial charge is 0.0655 e. The van der Waals surface area contributed by atoms with E-state index in [4.69, 9.17) is 10.5 Å². The summed E-state index contributed by atoms with van der Waals surface area (Å²) in [5, 5.41) is 0. The van der Waals surface area contributed by atoms with E-state index < -0.39 is 0 Å². The summed E-state index contributed by atoms with van der Waals surface area (Å²) in [6, 6.07) is 8.94. The Hall–Kier alpha value is -0.860. The van der Waals surface area contributed by atoms with Crippen LogP contribution in [0.3, 0.4) is 0 Å². The van der Waals surface area contributed by atoms with Gasteiger partial charge in [-0.25, -0.2) is 0 Å². The predicted molar refractivity (Wildman–Crippen MR) is 80.5 cm³/mol. The first-order chi connectivity index (χ1) is 9.02. The summed E-state index contributed by atoms with van der Waals surface area (Å²) in [5.74, 6) is 0.342. The first kappa shape index (κ1) is 14.5. The first-order valence-corrected chi connectivity index (χ1v) is 7.44. The highest BCUT2D eigenvalue weighted by molar-refractivity contribution is 5.30. The minimum absolute atomic E-state index is 0.206. The fourth-order valence-corrected chi connectivity index (χ4v) is 2.82. The Labute approximate surface area is 117 Å². The van der Waals surface area contributed by atoms with Gasteiger partial charge in [0.05, 0.1) is 6.10 Å². The van der Waals surface area contributed by atoms with E-state index >= 15 is 0 Å². The number of benzene rings is 1. The second-order valence-corrected chi connectivity index (χ2v) is 6.62. The molecule has 0 saturated carbocycles. The van der Waals surface area contributed by atoms with Crippen LogP contribution in [0.1, 0.15) is 57.1 Å². The largest absolute Gasteiger partial charge is 0.378 e. The Morgan fingerprint density at radius 1 is 1.21 bits per heavy atom. The van der Waals surface area contributed by atoms with Gasteiger partial charge < -0.3 is 10.5 Å². The molecule has 1 aliphatic rings. The third-order valence-corrected chi connectivity index (χ3v) is 4.12. The van der Waals surface area contributed by atoms with E-state index in [2.05, 4.69) is 45.0 Å². The van der Waals surface area contributed by atoms with Crippen molar-refractivity contribution >= 4 is 0 Å². The van der Waals surface area contributed by atoms with E-state index in [0.29, 0.717) is 18.6 Å². The third-order valence-electron chi connectivity index (χ3n) is 4.12. The Kier molecular flexibility index (Phi) is 4.64. The molecule has 1 saturated heterocycles. The molecular formula is C17H27NO. The molecule has 0 aliphatic carbocycles. The van der Waals surface area contributed by atoms with Crippen molar-refractivity contribution in [3.05, 3.63) is 35.4 Å². The van der Waals surface area contributed by atoms with Gasteiger partial charge >= 0.3 is 0 Å². The Balaban J connectivity index is 2.14. The summed E-state index contributed by atoms with van der Waals surface area (Å²) < 4.78 is 5.90. The van der Waals surface area contributed by atoms with E-state index in [0.717, 1.165) is 13.0 Å². The molecule has 1 aromatic carbocycles. The molecule has 1 aromatic rings. The molecule has 2 N–H and O–H groups in total. The topological polar surface area (TPSA) is 35.2 Å². The molecule has 1 heterocycles. The van der Waals surface area contributed by atoms with Crippen molar-refractivity contribution in [3.63, 3.8) is 0 Å². The molecular weight excluding hydrogens is 234 g/mol. The van der Waals surface area contributed by atoms with E-state index in [9.17, 15) is 0 Å². The summed E-state index contributed by atoms with van der Waals surface area (Å²) in [7, 11) is 0. The molecule has 1 fully saturated rings. The average Bonchev–Trinajstić information content (AvgIpc) is 2.40. The van der Waals surface area contributed by atoms with Crippen molar-refractivity contribution in [2.24, 2.45) is 5.73 Å². The van der Waals surface area contributed by atoms with E-state index in [1.807, 2.05) is 0 Å². The van der Waals surface area contributed by atoms with Crippen molar-refractivity contribution in [2.45, 2.75) is 57.5 Å². The molecule has 2 nitrogen and oxygen atoms in total. The molecule has 2 rings (SSSR count). The van der Waals surface area contributed by atoms with Crippen LogP contribution in [0.25, 0.3) is 0 Å². The molecule has 0 amide bonds. The molecule has 1 aliphatic heterocycles. The number of ether oxygens (including phenoxy) is 1. The van der Waals surface area contributed by atoms with Crippen LogP contribution < -0.4 is 5.73 Å². The number of nitrogens with two attached hydrogens (primary N) is 1.